The number of oxazole rings is 1. The topological polar surface area (TPSA) is 138 Å². The van der Waals surface area contributed by atoms with E-state index in [1.807, 2.05) is 64.3 Å². The van der Waals surface area contributed by atoms with Crippen LogP contribution in [0, 0.1) is 0 Å². The first-order valence-electron chi connectivity index (χ1n) is 13.5. The molecule has 0 bridgehead atoms. The highest BCUT2D eigenvalue weighted by Crippen LogP contribution is 2.41. The third-order valence-corrected chi connectivity index (χ3v) is 9.59. The van der Waals surface area contributed by atoms with Crippen molar-refractivity contribution in [2.75, 3.05) is 23.0 Å². The van der Waals surface area contributed by atoms with Gasteiger partial charge >= 0.3 is 5.89 Å². The highest BCUT2D eigenvalue weighted by atomic mass is 35.5. The van der Waals surface area contributed by atoms with Gasteiger partial charge in [0.1, 0.15) is 0 Å². The summed E-state index contributed by atoms with van der Waals surface area (Å²) in [6.45, 7) is 2.49. The molecule has 1 aliphatic rings. The number of aryl methyl sites for hydroxylation is 1. The average Bonchev–Trinajstić information content (AvgIpc) is 3.65. The Hall–Kier alpha value is -3.20. The van der Waals surface area contributed by atoms with Crippen molar-refractivity contribution in [3.05, 3.63) is 82.4 Å². The quantitative estimate of drug-likeness (QED) is 0.134. The van der Waals surface area contributed by atoms with Crippen LogP contribution >= 0.6 is 22.9 Å². The molecule has 1 aliphatic heterocycles. The summed E-state index contributed by atoms with van der Waals surface area (Å²) < 4.78 is 78.3. The largest absolute Gasteiger partial charge is 0.439 e. The molecule has 14 heteroatoms. The summed E-state index contributed by atoms with van der Waals surface area (Å²) in [5, 5.41) is 2.48. The van der Waals surface area contributed by atoms with Crippen LogP contribution in [-0.2, 0) is 26.8 Å². The van der Waals surface area contributed by atoms with Crippen LogP contribution in [0.15, 0.2) is 75.9 Å². The van der Waals surface area contributed by atoms with Gasteiger partial charge < -0.3 is 14.1 Å². The highest BCUT2D eigenvalue weighted by molar-refractivity contribution is 7.86. The van der Waals surface area contributed by atoms with E-state index in [0.717, 1.165) is 21.5 Å². The molecule has 228 valence electrons. The van der Waals surface area contributed by atoms with Crippen molar-refractivity contribution < 1.29 is 39.7 Å². The summed E-state index contributed by atoms with van der Waals surface area (Å²) in [4.78, 5) is 2.89. The van der Waals surface area contributed by atoms with Crippen LogP contribution in [0.1, 0.15) is 32.1 Å². The van der Waals surface area contributed by atoms with Gasteiger partial charge in [0.15, 0.2) is 12.3 Å². The van der Waals surface area contributed by atoms with E-state index in [1.165, 1.54) is 0 Å². The number of benzene rings is 2. The molecule has 3 heterocycles. The Morgan fingerprint density at radius 1 is 1.05 bits per heavy atom. The predicted molar refractivity (Wildman–Crippen MR) is 168 cm³/mol. The van der Waals surface area contributed by atoms with Gasteiger partial charge in [-0.05, 0) is 65.8 Å². The van der Waals surface area contributed by atoms with Crippen molar-refractivity contribution in [3.63, 3.8) is 0 Å². The Morgan fingerprint density at radius 2 is 1.81 bits per heavy atom. The van der Waals surface area contributed by atoms with E-state index < -0.39 is 31.7 Å². The normalized spacial score (nSPS) is 14.9. The molecule has 0 fully saturated rings. The zero-order chi connectivity index (χ0) is 30.8. The Morgan fingerprint density at radius 3 is 2.51 bits per heavy atom. The summed E-state index contributed by atoms with van der Waals surface area (Å²) in [5.74, 6) is 0.703. The fourth-order valence-electron chi connectivity index (χ4n) is 4.82. The van der Waals surface area contributed by atoms with Gasteiger partial charge in [0.25, 0.3) is 25.8 Å². The number of hydrogen-bond acceptors (Lipinski definition) is 8. The number of nitrogens with zero attached hydrogens (tertiary/aromatic N) is 2. The molecule has 5 rings (SSSR count). The lowest BCUT2D eigenvalue weighted by Crippen LogP contribution is -2.36. The number of allylic oxidation sites excluding steroid dienone is 2. The van der Waals surface area contributed by atoms with Crippen LogP contribution in [0.4, 0.5) is 5.69 Å². The molecular formula is C29H30ClN2O8S3+. The van der Waals surface area contributed by atoms with Crippen LogP contribution in [0.2, 0.25) is 5.02 Å². The Bertz CT molecular complexity index is 1910. The number of fused-ring (bicyclic) bond motifs is 2. The molecule has 2 N–H and O–H groups in total. The van der Waals surface area contributed by atoms with Gasteiger partial charge in [-0.25, -0.2) is 0 Å². The summed E-state index contributed by atoms with van der Waals surface area (Å²) >= 11 is 7.84. The number of hydrogen-bond donors (Lipinski definition) is 2. The van der Waals surface area contributed by atoms with E-state index >= 15 is 0 Å². The SMILES string of the molecule is CCC(/C=C1\Oc2ccc(Cl)cc2N1CCCS(=O)(=O)O)=C\c1oc2ccc(-c3cccs3)cc2[n+]1CCCS(=O)(=O)O. The zero-order valence-corrected chi connectivity index (χ0v) is 26.3. The number of halogens is 1. The maximum absolute atomic E-state index is 11.4. The van der Waals surface area contributed by atoms with E-state index in [2.05, 4.69) is 0 Å². The fraction of sp³-hybridized carbons (Fsp3) is 0.276. The Kier molecular flexibility index (Phi) is 9.30. The van der Waals surface area contributed by atoms with Crippen molar-refractivity contribution in [3.8, 4) is 16.2 Å². The minimum absolute atomic E-state index is 0.153. The molecule has 0 atom stereocenters. The summed E-state index contributed by atoms with van der Waals surface area (Å²) in [6.07, 6.45) is 4.58. The van der Waals surface area contributed by atoms with Gasteiger partial charge in [-0.15, -0.1) is 11.3 Å². The number of anilines is 1. The third kappa shape index (κ3) is 7.85. The standard InChI is InChI=1S/C29H29ClN2O8S3/c1-2-20(17-29-32(12-5-15-43(36,37)38)24-19-22(30)8-10-26(24)40-29)16-28-31(11-4-14-42(33,34)35)23-18-21(7-9-25(23)39-28)27-6-3-13-41-27/h3,6-10,13,16-19H,2,4-5,11-12,14-15H2,1H3,(H-,33,34,35,36,37,38)/p+1. The summed E-state index contributed by atoms with van der Waals surface area (Å²) in [7, 11) is -8.27. The highest BCUT2D eigenvalue weighted by Gasteiger charge is 2.28. The van der Waals surface area contributed by atoms with Gasteiger partial charge in [0, 0.05) is 35.0 Å². The maximum Gasteiger partial charge on any atom is 0.374 e. The van der Waals surface area contributed by atoms with Crippen LogP contribution in [0.25, 0.3) is 27.6 Å². The van der Waals surface area contributed by atoms with Crippen molar-refractivity contribution in [1.29, 1.82) is 0 Å². The third-order valence-electron chi connectivity index (χ3n) is 6.82. The number of thiophene rings is 1. The second-order valence-corrected chi connectivity index (χ2v) is 14.5. The van der Waals surface area contributed by atoms with Crippen LogP contribution in [0.5, 0.6) is 5.75 Å². The molecule has 0 spiro atoms. The van der Waals surface area contributed by atoms with Gasteiger partial charge in [0.2, 0.25) is 11.5 Å². The average molecular weight is 666 g/mol. The minimum Gasteiger partial charge on any atom is -0.439 e. The van der Waals surface area contributed by atoms with Crippen molar-refractivity contribution in [2.45, 2.75) is 32.7 Å². The number of ether oxygens (including phenoxy) is 1. The number of rotatable bonds is 12. The predicted octanol–water partition coefficient (Wildman–Crippen LogP) is 6.19. The van der Waals surface area contributed by atoms with Crippen LogP contribution < -0.4 is 14.2 Å². The maximum atomic E-state index is 11.4. The first-order chi connectivity index (χ1) is 20.4. The molecule has 0 amide bonds. The lowest BCUT2D eigenvalue weighted by Gasteiger charge is -2.18. The van der Waals surface area contributed by atoms with Crippen molar-refractivity contribution >= 4 is 66.0 Å². The lowest BCUT2D eigenvalue weighted by molar-refractivity contribution is -0.677. The smallest absolute Gasteiger partial charge is 0.374 e. The van der Waals surface area contributed by atoms with E-state index in [9.17, 15) is 25.9 Å². The molecule has 2 aromatic carbocycles. The molecule has 0 radical (unpaired) electrons. The molecule has 43 heavy (non-hydrogen) atoms. The molecule has 0 aliphatic carbocycles. The zero-order valence-electron chi connectivity index (χ0n) is 23.1. The molecule has 0 saturated heterocycles. The molecule has 10 nitrogen and oxygen atoms in total. The molecule has 2 aromatic heterocycles. The van der Waals surface area contributed by atoms with Gasteiger partial charge in [-0.1, -0.05) is 24.6 Å². The van der Waals surface area contributed by atoms with Crippen molar-refractivity contribution in [1.82, 2.24) is 0 Å². The second kappa shape index (κ2) is 12.8. The molecule has 0 saturated carbocycles. The van der Waals surface area contributed by atoms with Gasteiger partial charge in [0.05, 0.1) is 23.3 Å². The van der Waals surface area contributed by atoms with E-state index in [0.29, 0.717) is 40.2 Å². The van der Waals surface area contributed by atoms with E-state index in [1.54, 1.807) is 29.5 Å². The van der Waals surface area contributed by atoms with E-state index in [-0.39, 0.29) is 25.9 Å². The Labute approximate surface area is 259 Å². The summed E-state index contributed by atoms with van der Waals surface area (Å²) in [6, 6.07) is 15.0. The molecule has 0 unspecified atom stereocenters. The first-order valence-corrected chi connectivity index (χ1v) is 18.0. The number of aromatic nitrogens is 1. The first kappa shape index (κ1) is 31.2. The minimum atomic E-state index is -4.13. The summed E-state index contributed by atoms with van der Waals surface area (Å²) in [5.41, 5.74) is 3.88. The Balaban J connectivity index is 1.53. The second-order valence-electron chi connectivity index (χ2n) is 9.95. The monoisotopic (exact) mass is 665 g/mol. The molecule has 4 aromatic rings. The van der Waals surface area contributed by atoms with Crippen LogP contribution in [0.3, 0.4) is 0 Å². The van der Waals surface area contributed by atoms with Gasteiger partial charge in [-0.2, -0.15) is 21.4 Å². The molecular weight excluding hydrogens is 636 g/mol. The van der Waals surface area contributed by atoms with Gasteiger partial charge in [-0.3, -0.25) is 9.11 Å². The van der Waals surface area contributed by atoms with E-state index in [4.69, 9.17) is 20.8 Å². The fourth-order valence-corrected chi connectivity index (χ4v) is 6.70. The van der Waals surface area contributed by atoms with Crippen molar-refractivity contribution in [2.24, 2.45) is 0 Å². The van der Waals surface area contributed by atoms with Crippen LogP contribution in [-0.4, -0.2) is 44.0 Å². The lowest BCUT2D eigenvalue weighted by atomic mass is 10.1.